The molecule has 3 heterocycles. The van der Waals surface area contributed by atoms with Gasteiger partial charge in [-0.1, -0.05) is 30.3 Å². The Hall–Kier alpha value is -1.89. The highest BCUT2D eigenvalue weighted by Gasteiger charge is 2.26. The Morgan fingerprint density at radius 1 is 1.24 bits per heavy atom. The molecule has 6 nitrogen and oxygen atoms in total. The van der Waals surface area contributed by atoms with E-state index >= 15 is 0 Å². The molecule has 0 radical (unpaired) electrons. The molecule has 2 atom stereocenters. The maximum absolute atomic E-state index is 12.8. The van der Waals surface area contributed by atoms with Crippen LogP contribution in [0, 0.1) is 5.92 Å². The van der Waals surface area contributed by atoms with Gasteiger partial charge in [-0.25, -0.2) is 0 Å². The third-order valence-corrected chi connectivity index (χ3v) is 5.97. The van der Waals surface area contributed by atoms with Crippen LogP contribution in [0.1, 0.15) is 41.4 Å². The van der Waals surface area contributed by atoms with Gasteiger partial charge < -0.3 is 10.2 Å². The second-order valence-corrected chi connectivity index (χ2v) is 8.24. The molecule has 2 fully saturated rings. The van der Waals surface area contributed by atoms with Crippen molar-refractivity contribution in [1.29, 1.82) is 0 Å². The number of hydrogen-bond acceptors (Lipinski definition) is 4. The molecule has 1 N–H and O–H groups in total. The van der Waals surface area contributed by atoms with Crippen LogP contribution in [0.2, 0.25) is 0 Å². The summed E-state index contributed by atoms with van der Waals surface area (Å²) in [6.07, 6.45) is 5.38. The summed E-state index contributed by atoms with van der Waals surface area (Å²) in [5.74, 6) is 0.561. The number of nitrogens with zero attached hydrogens (tertiary/aromatic N) is 4. The molecule has 2 aliphatic heterocycles. The van der Waals surface area contributed by atoms with Crippen LogP contribution in [0.5, 0.6) is 0 Å². The number of benzene rings is 1. The van der Waals surface area contributed by atoms with Gasteiger partial charge in [-0.05, 0) is 49.9 Å². The lowest BCUT2D eigenvalue weighted by Gasteiger charge is -2.23. The van der Waals surface area contributed by atoms with Gasteiger partial charge >= 0.3 is 0 Å². The van der Waals surface area contributed by atoms with E-state index in [1.165, 1.54) is 5.56 Å². The van der Waals surface area contributed by atoms with E-state index in [0.717, 1.165) is 58.5 Å². The second-order valence-electron chi connectivity index (χ2n) is 8.24. The lowest BCUT2D eigenvalue weighted by atomic mass is 10.1. The van der Waals surface area contributed by atoms with Crippen molar-refractivity contribution >= 4 is 18.3 Å². The summed E-state index contributed by atoms with van der Waals surface area (Å²) in [6, 6.07) is 12.8. The first-order valence-electron chi connectivity index (χ1n) is 10.5. The Bertz CT molecular complexity index is 775. The van der Waals surface area contributed by atoms with E-state index < -0.39 is 0 Å². The van der Waals surface area contributed by atoms with E-state index in [1.54, 1.807) is 0 Å². The molecule has 1 aromatic carbocycles. The van der Waals surface area contributed by atoms with Crippen molar-refractivity contribution in [3.8, 4) is 0 Å². The SMILES string of the molecule is CN(CC1CCN(Cc2ccccc2)C1)C(=O)c1ccn(C2CCCNC2)n1.Cl. The van der Waals surface area contributed by atoms with E-state index in [4.69, 9.17) is 0 Å². The maximum atomic E-state index is 12.8. The molecule has 0 aliphatic carbocycles. The van der Waals surface area contributed by atoms with Gasteiger partial charge in [-0.2, -0.15) is 5.10 Å². The smallest absolute Gasteiger partial charge is 0.274 e. The molecule has 29 heavy (non-hydrogen) atoms. The average molecular weight is 418 g/mol. The van der Waals surface area contributed by atoms with E-state index in [9.17, 15) is 4.79 Å². The molecule has 1 amide bonds. The Morgan fingerprint density at radius 3 is 2.83 bits per heavy atom. The van der Waals surface area contributed by atoms with Gasteiger partial charge in [0.15, 0.2) is 0 Å². The molecular formula is C22H32ClN5O. The molecule has 0 bridgehead atoms. The van der Waals surface area contributed by atoms with Crippen molar-refractivity contribution in [3.05, 3.63) is 53.9 Å². The molecule has 0 saturated carbocycles. The minimum absolute atomic E-state index is 0. The monoisotopic (exact) mass is 417 g/mol. The predicted molar refractivity (Wildman–Crippen MR) is 117 cm³/mol. The molecule has 2 aromatic rings. The van der Waals surface area contributed by atoms with Crippen LogP contribution in [0.4, 0.5) is 0 Å². The number of aromatic nitrogens is 2. The zero-order valence-electron chi connectivity index (χ0n) is 17.2. The Balaban J connectivity index is 0.00000240. The molecule has 2 unspecified atom stereocenters. The third kappa shape index (κ3) is 5.59. The fraction of sp³-hybridized carbons (Fsp3) is 0.545. The summed E-state index contributed by atoms with van der Waals surface area (Å²) in [7, 11) is 1.91. The molecule has 1 aromatic heterocycles. The van der Waals surface area contributed by atoms with Gasteiger partial charge in [0.1, 0.15) is 5.69 Å². The van der Waals surface area contributed by atoms with Gasteiger partial charge in [-0.15, -0.1) is 12.4 Å². The molecule has 4 rings (SSSR count). The quantitative estimate of drug-likeness (QED) is 0.785. The molecule has 7 heteroatoms. The van der Waals surface area contributed by atoms with Crippen molar-refractivity contribution in [3.63, 3.8) is 0 Å². The van der Waals surface area contributed by atoms with Crippen molar-refractivity contribution in [2.75, 3.05) is 39.8 Å². The number of rotatable bonds is 6. The van der Waals surface area contributed by atoms with Crippen LogP contribution in [0.25, 0.3) is 0 Å². The zero-order chi connectivity index (χ0) is 19.3. The van der Waals surface area contributed by atoms with E-state index in [2.05, 4.69) is 45.6 Å². The highest BCUT2D eigenvalue weighted by Crippen LogP contribution is 2.20. The zero-order valence-corrected chi connectivity index (χ0v) is 18.0. The standard InChI is InChI=1S/C22H31N5O.ClH/c1-25(15-19-9-12-26(17-19)16-18-6-3-2-4-7-18)22(28)21-10-13-27(24-21)20-8-5-11-23-14-20;/h2-4,6-7,10,13,19-20,23H,5,8-9,11-12,14-17H2,1H3;1H. The Labute approximate surface area is 179 Å². The van der Waals surface area contributed by atoms with Crippen molar-refractivity contribution in [1.82, 2.24) is 24.9 Å². The second kappa shape index (κ2) is 10.2. The number of piperidine rings is 1. The summed E-state index contributed by atoms with van der Waals surface area (Å²) in [5.41, 5.74) is 1.92. The Kier molecular flexibility index (Phi) is 7.70. The lowest BCUT2D eigenvalue weighted by molar-refractivity contribution is 0.0766. The number of nitrogens with one attached hydrogen (secondary N) is 1. The summed E-state index contributed by atoms with van der Waals surface area (Å²) in [6.45, 7) is 5.95. The largest absolute Gasteiger partial charge is 0.340 e. The van der Waals surface area contributed by atoms with Gasteiger partial charge in [0, 0.05) is 39.4 Å². The number of likely N-dealkylation sites (tertiary alicyclic amines) is 1. The normalized spacial score (nSPS) is 22.2. The molecule has 158 valence electrons. The first kappa shape index (κ1) is 21.8. The molecular weight excluding hydrogens is 386 g/mol. The van der Waals surface area contributed by atoms with E-state index in [1.807, 2.05) is 28.9 Å². The summed E-state index contributed by atoms with van der Waals surface area (Å²) in [4.78, 5) is 17.2. The average Bonchev–Trinajstić information content (AvgIpc) is 3.39. The van der Waals surface area contributed by atoms with Crippen molar-refractivity contribution in [2.45, 2.75) is 31.8 Å². The first-order chi connectivity index (χ1) is 13.7. The fourth-order valence-electron chi connectivity index (χ4n) is 4.43. The van der Waals surface area contributed by atoms with Crippen molar-refractivity contribution in [2.24, 2.45) is 5.92 Å². The highest BCUT2D eigenvalue weighted by molar-refractivity contribution is 5.92. The topological polar surface area (TPSA) is 53.4 Å². The minimum Gasteiger partial charge on any atom is -0.340 e. The first-order valence-corrected chi connectivity index (χ1v) is 10.5. The van der Waals surface area contributed by atoms with Gasteiger partial charge in [-0.3, -0.25) is 14.4 Å². The van der Waals surface area contributed by atoms with Gasteiger partial charge in [0.05, 0.1) is 6.04 Å². The van der Waals surface area contributed by atoms with Gasteiger partial charge in [0.2, 0.25) is 0 Å². The van der Waals surface area contributed by atoms with Crippen LogP contribution < -0.4 is 5.32 Å². The van der Waals surface area contributed by atoms with Crippen LogP contribution in [0.3, 0.4) is 0 Å². The number of carbonyl (C=O) groups is 1. The molecule has 2 saturated heterocycles. The number of amides is 1. The summed E-state index contributed by atoms with van der Waals surface area (Å²) in [5, 5.41) is 7.98. The van der Waals surface area contributed by atoms with Crippen LogP contribution in [0.15, 0.2) is 42.6 Å². The summed E-state index contributed by atoms with van der Waals surface area (Å²) < 4.78 is 1.96. The fourth-order valence-corrected chi connectivity index (χ4v) is 4.43. The predicted octanol–water partition coefficient (Wildman–Crippen LogP) is 2.82. The molecule has 0 spiro atoms. The van der Waals surface area contributed by atoms with Crippen molar-refractivity contribution < 1.29 is 4.79 Å². The molecule has 2 aliphatic rings. The van der Waals surface area contributed by atoms with E-state index in [-0.39, 0.29) is 18.3 Å². The highest BCUT2D eigenvalue weighted by atomic mass is 35.5. The maximum Gasteiger partial charge on any atom is 0.274 e. The van der Waals surface area contributed by atoms with Gasteiger partial charge in [0.25, 0.3) is 5.91 Å². The summed E-state index contributed by atoms with van der Waals surface area (Å²) >= 11 is 0. The Morgan fingerprint density at radius 2 is 2.07 bits per heavy atom. The van der Waals surface area contributed by atoms with Crippen LogP contribution >= 0.6 is 12.4 Å². The number of halogens is 1. The minimum atomic E-state index is 0. The van der Waals surface area contributed by atoms with Crippen LogP contribution in [-0.4, -0.2) is 65.3 Å². The van der Waals surface area contributed by atoms with Crippen LogP contribution in [-0.2, 0) is 6.54 Å². The van der Waals surface area contributed by atoms with E-state index in [0.29, 0.717) is 17.7 Å². The number of hydrogen-bond donors (Lipinski definition) is 1. The lowest BCUT2D eigenvalue weighted by Crippen LogP contribution is -2.34. The number of carbonyl (C=O) groups excluding carboxylic acids is 1. The third-order valence-electron chi connectivity index (χ3n) is 5.97.